The van der Waals surface area contributed by atoms with Crippen molar-refractivity contribution in [1.29, 1.82) is 0 Å². The van der Waals surface area contributed by atoms with Gasteiger partial charge in [-0.05, 0) is 48.9 Å². The van der Waals surface area contributed by atoms with Gasteiger partial charge in [0.2, 0.25) is 0 Å². The molecule has 3 nitrogen and oxygen atoms in total. The number of hydrogen-bond donors (Lipinski definition) is 1. The van der Waals surface area contributed by atoms with Crippen molar-refractivity contribution in [3.63, 3.8) is 0 Å². The minimum Gasteiger partial charge on any atom is -0.327 e. The zero-order valence-corrected chi connectivity index (χ0v) is 14.6. The number of hydrogen-bond acceptors (Lipinski definition) is 1. The van der Waals surface area contributed by atoms with Gasteiger partial charge in [0.25, 0.3) is 5.91 Å². The molecule has 1 amide bonds. The predicted molar refractivity (Wildman–Crippen MR) is 103 cm³/mol. The van der Waals surface area contributed by atoms with Crippen LogP contribution < -0.4 is 9.80 Å². The van der Waals surface area contributed by atoms with Crippen LogP contribution in [-0.2, 0) is 4.79 Å². The molecule has 0 saturated carbocycles. The number of nitrogens with one attached hydrogen (secondary N) is 1. The quantitative estimate of drug-likeness (QED) is 0.896. The van der Waals surface area contributed by atoms with Gasteiger partial charge in [0.15, 0.2) is 6.54 Å². The largest absolute Gasteiger partial charge is 0.327 e. The molecule has 0 bridgehead atoms. The zero-order chi connectivity index (χ0) is 17.1. The van der Waals surface area contributed by atoms with Gasteiger partial charge in [-0.1, -0.05) is 48.6 Å². The maximum absolute atomic E-state index is 13.3. The molecule has 128 valence electrons. The summed E-state index contributed by atoms with van der Waals surface area (Å²) in [4.78, 5) is 16.7. The topological polar surface area (TPSA) is 24.8 Å². The molecule has 0 spiro atoms. The van der Waals surface area contributed by atoms with Crippen molar-refractivity contribution in [2.24, 2.45) is 0 Å². The third-order valence-electron chi connectivity index (χ3n) is 5.26. The maximum Gasteiger partial charge on any atom is 0.286 e. The van der Waals surface area contributed by atoms with Crippen LogP contribution in [0.3, 0.4) is 0 Å². The van der Waals surface area contributed by atoms with Gasteiger partial charge in [-0.2, -0.15) is 0 Å². The first-order valence-corrected chi connectivity index (χ1v) is 9.35. The van der Waals surface area contributed by atoms with Gasteiger partial charge in [-0.25, -0.2) is 0 Å². The minimum absolute atomic E-state index is 0.195. The number of fused-ring (bicyclic) bond motifs is 2. The standard InChI is InChI=1S/C22H24N2O/c25-22(17-23-15-7-1-2-8-16-23)24-20-11-5-3-9-18(20)13-14-19-10-4-6-12-21(19)24/h3-6,9-14H,1-2,7-8,15-17H2/p+1. The lowest BCUT2D eigenvalue weighted by molar-refractivity contribution is -0.891. The number of benzene rings is 2. The van der Waals surface area contributed by atoms with E-state index in [0.717, 1.165) is 35.6 Å². The van der Waals surface area contributed by atoms with E-state index in [9.17, 15) is 4.79 Å². The van der Waals surface area contributed by atoms with Crippen molar-refractivity contribution < 1.29 is 9.69 Å². The van der Waals surface area contributed by atoms with E-state index in [1.54, 1.807) is 0 Å². The fraction of sp³-hybridized carbons (Fsp3) is 0.318. The summed E-state index contributed by atoms with van der Waals surface area (Å²) >= 11 is 0. The van der Waals surface area contributed by atoms with Crippen molar-refractivity contribution in [1.82, 2.24) is 0 Å². The van der Waals surface area contributed by atoms with Gasteiger partial charge >= 0.3 is 0 Å². The second-order valence-corrected chi connectivity index (χ2v) is 7.02. The molecular formula is C22H25N2O+. The molecule has 0 unspecified atom stereocenters. The molecule has 0 atom stereocenters. The molecule has 2 aromatic rings. The van der Waals surface area contributed by atoms with E-state index in [-0.39, 0.29) is 5.91 Å². The van der Waals surface area contributed by atoms with Gasteiger partial charge in [0.1, 0.15) is 0 Å². The number of rotatable bonds is 2. The third-order valence-corrected chi connectivity index (χ3v) is 5.26. The van der Waals surface area contributed by atoms with Crippen LogP contribution in [-0.4, -0.2) is 25.5 Å². The third kappa shape index (κ3) is 3.38. The average molecular weight is 333 g/mol. The second-order valence-electron chi connectivity index (χ2n) is 7.02. The van der Waals surface area contributed by atoms with E-state index in [1.807, 2.05) is 29.2 Å². The van der Waals surface area contributed by atoms with Gasteiger partial charge in [-0.3, -0.25) is 9.69 Å². The van der Waals surface area contributed by atoms with Crippen molar-refractivity contribution in [3.05, 3.63) is 59.7 Å². The minimum atomic E-state index is 0.195. The molecule has 25 heavy (non-hydrogen) atoms. The number of carbonyl (C=O) groups is 1. The van der Waals surface area contributed by atoms with E-state index in [4.69, 9.17) is 0 Å². The molecule has 2 heterocycles. The van der Waals surface area contributed by atoms with Gasteiger partial charge < -0.3 is 4.90 Å². The molecule has 1 saturated heterocycles. The summed E-state index contributed by atoms with van der Waals surface area (Å²) in [6, 6.07) is 16.4. The number of amides is 1. The lowest BCUT2D eigenvalue weighted by Gasteiger charge is -2.26. The number of quaternary nitrogens is 1. The van der Waals surface area contributed by atoms with E-state index < -0.39 is 0 Å². The molecular weight excluding hydrogens is 308 g/mol. The number of carbonyl (C=O) groups excluding carboxylic acids is 1. The summed E-state index contributed by atoms with van der Waals surface area (Å²) in [5.41, 5.74) is 4.17. The monoisotopic (exact) mass is 333 g/mol. The highest BCUT2D eigenvalue weighted by atomic mass is 16.2. The Hall–Kier alpha value is -2.39. The molecule has 2 aliphatic rings. The summed E-state index contributed by atoms with van der Waals surface area (Å²) in [6.45, 7) is 2.80. The van der Waals surface area contributed by atoms with E-state index in [0.29, 0.717) is 6.54 Å². The van der Waals surface area contributed by atoms with Gasteiger partial charge in [0.05, 0.1) is 24.5 Å². The number of likely N-dealkylation sites (tertiary alicyclic amines) is 1. The first-order chi connectivity index (χ1) is 12.3. The van der Waals surface area contributed by atoms with Crippen LogP contribution in [0.15, 0.2) is 48.5 Å². The average Bonchev–Trinajstić information content (AvgIpc) is 2.99. The summed E-state index contributed by atoms with van der Waals surface area (Å²) < 4.78 is 0. The lowest BCUT2D eigenvalue weighted by Crippen LogP contribution is -3.13. The van der Waals surface area contributed by atoms with E-state index in [2.05, 4.69) is 36.4 Å². The normalized spacial score (nSPS) is 17.4. The Morgan fingerprint density at radius 1 is 0.800 bits per heavy atom. The lowest BCUT2D eigenvalue weighted by atomic mass is 10.1. The number of anilines is 2. The first-order valence-electron chi connectivity index (χ1n) is 9.35. The number of nitrogens with zero attached hydrogens (tertiary/aromatic N) is 1. The molecule has 1 fully saturated rings. The van der Waals surface area contributed by atoms with Crippen LogP contribution in [0.4, 0.5) is 11.4 Å². The zero-order valence-electron chi connectivity index (χ0n) is 14.6. The number of para-hydroxylation sites is 2. The fourth-order valence-electron chi connectivity index (χ4n) is 3.94. The Morgan fingerprint density at radius 2 is 1.32 bits per heavy atom. The molecule has 2 aliphatic heterocycles. The predicted octanol–water partition coefficient (Wildman–Crippen LogP) is 3.29. The van der Waals surface area contributed by atoms with E-state index >= 15 is 0 Å². The Labute approximate surface area is 149 Å². The Morgan fingerprint density at radius 3 is 1.88 bits per heavy atom. The first kappa shape index (κ1) is 16.1. The molecule has 2 aromatic carbocycles. The summed E-state index contributed by atoms with van der Waals surface area (Å²) in [5.74, 6) is 0.195. The smallest absolute Gasteiger partial charge is 0.286 e. The highest BCUT2D eigenvalue weighted by molar-refractivity contribution is 6.06. The van der Waals surface area contributed by atoms with Crippen LogP contribution in [0.2, 0.25) is 0 Å². The maximum atomic E-state index is 13.3. The van der Waals surface area contributed by atoms with Gasteiger partial charge in [-0.15, -0.1) is 0 Å². The molecule has 0 radical (unpaired) electrons. The Balaban J connectivity index is 1.69. The molecule has 0 aliphatic carbocycles. The molecule has 0 aromatic heterocycles. The molecule has 3 heteroatoms. The van der Waals surface area contributed by atoms with Crippen LogP contribution in [0.1, 0.15) is 36.8 Å². The molecule has 1 N–H and O–H groups in total. The fourth-order valence-corrected chi connectivity index (χ4v) is 3.94. The summed E-state index contributed by atoms with van der Waals surface area (Å²) in [6.07, 6.45) is 9.29. The SMILES string of the molecule is O=C(C[NH+]1CCCCCC1)N1c2ccccc2C=Cc2ccccc21. The highest BCUT2D eigenvalue weighted by Crippen LogP contribution is 2.35. The van der Waals surface area contributed by atoms with Crippen LogP contribution in [0.5, 0.6) is 0 Å². The highest BCUT2D eigenvalue weighted by Gasteiger charge is 2.27. The van der Waals surface area contributed by atoms with Gasteiger partial charge in [0, 0.05) is 0 Å². The van der Waals surface area contributed by atoms with Crippen LogP contribution in [0.25, 0.3) is 12.2 Å². The van der Waals surface area contributed by atoms with Crippen molar-refractivity contribution >= 4 is 29.4 Å². The Kier molecular flexibility index (Phi) is 4.66. The van der Waals surface area contributed by atoms with Crippen LogP contribution >= 0.6 is 0 Å². The van der Waals surface area contributed by atoms with Crippen molar-refractivity contribution in [2.75, 3.05) is 24.5 Å². The Bertz CT molecular complexity index is 739. The molecule has 4 rings (SSSR count). The second kappa shape index (κ2) is 7.24. The van der Waals surface area contributed by atoms with Crippen molar-refractivity contribution in [3.8, 4) is 0 Å². The summed E-state index contributed by atoms with van der Waals surface area (Å²) in [7, 11) is 0. The van der Waals surface area contributed by atoms with Crippen molar-refractivity contribution in [2.45, 2.75) is 25.7 Å². The van der Waals surface area contributed by atoms with Crippen LogP contribution in [0, 0.1) is 0 Å². The van der Waals surface area contributed by atoms with E-state index in [1.165, 1.54) is 30.6 Å². The summed E-state index contributed by atoms with van der Waals surface area (Å²) in [5, 5.41) is 0.